The number of nitrogens with zero attached hydrogens (tertiary/aromatic N) is 1. The summed E-state index contributed by atoms with van der Waals surface area (Å²) in [7, 11) is 1.67. The first-order valence-corrected chi connectivity index (χ1v) is 5.53. The summed E-state index contributed by atoms with van der Waals surface area (Å²) >= 11 is 0. The van der Waals surface area contributed by atoms with Crippen LogP contribution in [0.2, 0.25) is 0 Å². The van der Waals surface area contributed by atoms with E-state index in [0.29, 0.717) is 19.4 Å². The first kappa shape index (κ1) is 12.0. The zero-order chi connectivity index (χ0) is 11.5. The Bertz CT molecular complexity index is 257. The van der Waals surface area contributed by atoms with Crippen molar-refractivity contribution in [3.8, 4) is 0 Å². The highest BCUT2D eigenvalue weighted by Gasteiger charge is 2.47. The average Bonchev–Trinajstić information content (AvgIpc) is 2.27. The van der Waals surface area contributed by atoms with Crippen molar-refractivity contribution in [3.63, 3.8) is 0 Å². The molecule has 1 rings (SSSR count). The molecule has 1 aliphatic rings. The van der Waals surface area contributed by atoms with Crippen molar-refractivity contribution in [3.05, 3.63) is 0 Å². The maximum absolute atomic E-state index is 12.0. The Morgan fingerprint density at radius 3 is 2.20 bits per heavy atom. The van der Waals surface area contributed by atoms with Gasteiger partial charge in [-0.15, -0.1) is 0 Å². The molecule has 86 valence electrons. The lowest BCUT2D eigenvalue weighted by molar-refractivity contribution is -0.162. The van der Waals surface area contributed by atoms with Gasteiger partial charge in [0.1, 0.15) is 5.41 Å². The van der Waals surface area contributed by atoms with Crippen molar-refractivity contribution in [2.45, 2.75) is 39.0 Å². The average molecular weight is 213 g/mol. The number of carboxylic acids is 1. The van der Waals surface area contributed by atoms with E-state index in [0.717, 1.165) is 19.3 Å². The van der Waals surface area contributed by atoms with Crippen molar-refractivity contribution in [2.24, 2.45) is 5.41 Å². The van der Waals surface area contributed by atoms with Gasteiger partial charge in [0.2, 0.25) is 5.91 Å². The first-order valence-electron chi connectivity index (χ1n) is 5.53. The second kappa shape index (κ2) is 4.64. The van der Waals surface area contributed by atoms with Crippen LogP contribution in [0.25, 0.3) is 0 Å². The molecule has 1 fully saturated rings. The van der Waals surface area contributed by atoms with Crippen LogP contribution in [0, 0.1) is 5.41 Å². The molecule has 0 aromatic rings. The Balaban J connectivity index is 2.90. The molecule has 1 saturated carbocycles. The van der Waals surface area contributed by atoms with E-state index in [1.807, 2.05) is 6.92 Å². The SMILES string of the molecule is CCN(C)C(=O)C1(C(=O)O)CCCCC1. The number of carboxylic acid groups (broad SMARTS) is 1. The van der Waals surface area contributed by atoms with Crippen molar-refractivity contribution in [1.29, 1.82) is 0 Å². The quantitative estimate of drug-likeness (QED) is 0.723. The maximum Gasteiger partial charge on any atom is 0.319 e. The van der Waals surface area contributed by atoms with Crippen molar-refractivity contribution in [2.75, 3.05) is 13.6 Å². The smallest absolute Gasteiger partial charge is 0.319 e. The molecule has 0 bridgehead atoms. The normalized spacial score (nSPS) is 19.6. The molecule has 15 heavy (non-hydrogen) atoms. The number of carbonyl (C=O) groups excluding carboxylic acids is 1. The lowest BCUT2D eigenvalue weighted by atomic mass is 9.73. The van der Waals surface area contributed by atoms with Crippen LogP contribution in [0.5, 0.6) is 0 Å². The molecule has 0 unspecified atom stereocenters. The van der Waals surface area contributed by atoms with Crippen molar-refractivity contribution >= 4 is 11.9 Å². The molecular weight excluding hydrogens is 194 g/mol. The Labute approximate surface area is 90.3 Å². The number of hydrogen-bond acceptors (Lipinski definition) is 2. The van der Waals surface area contributed by atoms with Gasteiger partial charge >= 0.3 is 5.97 Å². The summed E-state index contributed by atoms with van der Waals surface area (Å²) in [5.41, 5.74) is -1.14. The Hall–Kier alpha value is -1.06. The molecule has 0 aromatic heterocycles. The fourth-order valence-corrected chi connectivity index (χ4v) is 2.18. The fraction of sp³-hybridized carbons (Fsp3) is 0.818. The lowest BCUT2D eigenvalue weighted by Gasteiger charge is -2.34. The van der Waals surface area contributed by atoms with E-state index in [4.69, 9.17) is 0 Å². The van der Waals surface area contributed by atoms with E-state index >= 15 is 0 Å². The monoisotopic (exact) mass is 213 g/mol. The molecule has 0 atom stereocenters. The Morgan fingerprint density at radius 1 is 1.27 bits per heavy atom. The molecule has 1 amide bonds. The van der Waals surface area contributed by atoms with Gasteiger partial charge in [-0.3, -0.25) is 9.59 Å². The van der Waals surface area contributed by atoms with E-state index < -0.39 is 11.4 Å². The Kier molecular flexibility index (Phi) is 3.72. The predicted octanol–water partition coefficient (Wildman–Crippen LogP) is 1.50. The van der Waals surface area contributed by atoms with Crippen molar-refractivity contribution in [1.82, 2.24) is 4.90 Å². The van der Waals surface area contributed by atoms with Gasteiger partial charge in [-0.25, -0.2) is 0 Å². The second-order valence-corrected chi connectivity index (χ2v) is 4.27. The summed E-state index contributed by atoms with van der Waals surface area (Å²) < 4.78 is 0. The molecule has 0 saturated heterocycles. The van der Waals surface area contributed by atoms with Gasteiger partial charge in [0.05, 0.1) is 0 Å². The van der Waals surface area contributed by atoms with Crippen LogP contribution in [0.15, 0.2) is 0 Å². The zero-order valence-electron chi connectivity index (χ0n) is 9.45. The lowest BCUT2D eigenvalue weighted by Crippen LogP contribution is -2.48. The van der Waals surface area contributed by atoms with Gasteiger partial charge in [-0.1, -0.05) is 19.3 Å². The zero-order valence-corrected chi connectivity index (χ0v) is 9.45. The van der Waals surface area contributed by atoms with Gasteiger partial charge in [0.15, 0.2) is 0 Å². The molecule has 0 aliphatic heterocycles. The minimum atomic E-state index is -1.14. The summed E-state index contributed by atoms with van der Waals surface area (Å²) in [4.78, 5) is 24.8. The summed E-state index contributed by atoms with van der Waals surface area (Å²) in [6, 6.07) is 0. The number of amides is 1. The highest BCUT2D eigenvalue weighted by molar-refractivity contribution is 6.01. The predicted molar refractivity (Wildman–Crippen MR) is 56.5 cm³/mol. The summed E-state index contributed by atoms with van der Waals surface area (Å²) in [5.74, 6) is -1.18. The van der Waals surface area contributed by atoms with Crippen molar-refractivity contribution < 1.29 is 14.7 Å². The second-order valence-electron chi connectivity index (χ2n) is 4.27. The maximum atomic E-state index is 12.0. The standard InChI is InChI=1S/C11H19NO3/c1-3-12(2)9(13)11(10(14)15)7-5-4-6-8-11/h3-8H2,1-2H3,(H,14,15). The molecular formula is C11H19NO3. The van der Waals surface area contributed by atoms with Crippen LogP contribution in [0.4, 0.5) is 0 Å². The number of carbonyl (C=O) groups is 2. The van der Waals surface area contributed by atoms with Gasteiger partial charge in [0.25, 0.3) is 0 Å². The third-order valence-electron chi connectivity index (χ3n) is 3.35. The van der Waals surface area contributed by atoms with E-state index in [1.54, 1.807) is 7.05 Å². The molecule has 0 heterocycles. The minimum Gasteiger partial charge on any atom is -0.480 e. The van der Waals surface area contributed by atoms with E-state index in [9.17, 15) is 14.7 Å². The molecule has 1 aliphatic carbocycles. The molecule has 1 N–H and O–H groups in total. The molecule has 0 spiro atoms. The van der Waals surface area contributed by atoms with Crippen LogP contribution in [0.1, 0.15) is 39.0 Å². The molecule has 4 heteroatoms. The highest BCUT2D eigenvalue weighted by atomic mass is 16.4. The van der Waals surface area contributed by atoms with Gasteiger partial charge in [0, 0.05) is 13.6 Å². The van der Waals surface area contributed by atoms with Crippen LogP contribution >= 0.6 is 0 Å². The van der Waals surface area contributed by atoms with Crippen LogP contribution in [0.3, 0.4) is 0 Å². The number of aliphatic carboxylic acids is 1. The van der Waals surface area contributed by atoms with Crippen LogP contribution in [-0.4, -0.2) is 35.5 Å². The summed E-state index contributed by atoms with van der Waals surface area (Å²) in [6.45, 7) is 2.42. The third kappa shape index (κ3) is 2.13. The van der Waals surface area contributed by atoms with Gasteiger partial charge < -0.3 is 10.0 Å². The largest absolute Gasteiger partial charge is 0.480 e. The van der Waals surface area contributed by atoms with E-state index in [2.05, 4.69) is 0 Å². The Morgan fingerprint density at radius 2 is 1.80 bits per heavy atom. The highest BCUT2D eigenvalue weighted by Crippen LogP contribution is 2.38. The topological polar surface area (TPSA) is 57.6 Å². The summed E-state index contributed by atoms with van der Waals surface area (Å²) in [5, 5.41) is 9.26. The summed E-state index contributed by atoms with van der Waals surface area (Å²) in [6.07, 6.45) is 3.71. The van der Waals surface area contributed by atoms with E-state index in [-0.39, 0.29) is 5.91 Å². The molecule has 0 radical (unpaired) electrons. The van der Waals surface area contributed by atoms with Crippen LogP contribution in [-0.2, 0) is 9.59 Å². The van der Waals surface area contributed by atoms with Crippen LogP contribution < -0.4 is 0 Å². The minimum absolute atomic E-state index is 0.225. The molecule has 0 aromatic carbocycles. The van der Waals surface area contributed by atoms with E-state index in [1.165, 1.54) is 4.90 Å². The number of rotatable bonds is 3. The number of hydrogen-bond donors (Lipinski definition) is 1. The fourth-order valence-electron chi connectivity index (χ4n) is 2.18. The van der Waals surface area contributed by atoms with Gasteiger partial charge in [-0.2, -0.15) is 0 Å². The molecule has 4 nitrogen and oxygen atoms in total. The first-order chi connectivity index (χ1) is 7.04. The van der Waals surface area contributed by atoms with Gasteiger partial charge in [-0.05, 0) is 19.8 Å². The third-order valence-corrected chi connectivity index (χ3v) is 3.35.